The molecule has 0 saturated heterocycles. The summed E-state index contributed by atoms with van der Waals surface area (Å²) in [6.07, 6.45) is 5.63. The van der Waals surface area contributed by atoms with Crippen LogP contribution in [0.1, 0.15) is 24.8 Å². The Labute approximate surface area is 109 Å². The molecule has 0 aliphatic heterocycles. The second-order valence-electron chi connectivity index (χ2n) is 5.14. The normalized spacial score (nSPS) is 18.5. The van der Waals surface area contributed by atoms with Gasteiger partial charge in [-0.25, -0.2) is 0 Å². The van der Waals surface area contributed by atoms with Crippen LogP contribution in [0.15, 0.2) is 12.4 Å². The van der Waals surface area contributed by atoms with Gasteiger partial charge < -0.3 is 5.11 Å². The van der Waals surface area contributed by atoms with Crippen LogP contribution >= 0.6 is 0 Å². The summed E-state index contributed by atoms with van der Waals surface area (Å²) < 4.78 is 13.7. The molecule has 0 radical (unpaired) electrons. The van der Waals surface area contributed by atoms with Crippen LogP contribution in [0.3, 0.4) is 0 Å². The van der Waals surface area contributed by atoms with Crippen molar-refractivity contribution in [2.24, 2.45) is 5.41 Å². The number of hydrogen-bond acceptors (Lipinski definition) is 3. The van der Waals surface area contributed by atoms with E-state index in [0.29, 0.717) is 18.1 Å². The number of carboxylic acids is 1. The molecule has 5 nitrogen and oxygen atoms in total. The van der Waals surface area contributed by atoms with Crippen molar-refractivity contribution in [2.75, 3.05) is 11.5 Å². The lowest BCUT2D eigenvalue weighted by Gasteiger charge is -2.11. The van der Waals surface area contributed by atoms with Crippen molar-refractivity contribution < 1.29 is 14.1 Å². The highest BCUT2D eigenvalue weighted by molar-refractivity contribution is 7.85. The molecule has 1 heterocycles. The minimum atomic E-state index is -0.959. The molecule has 0 spiro atoms. The average molecular weight is 270 g/mol. The van der Waals surface area contributed by atoms with Crippen LogP contribution in [0.4, 0.5) is 0 Å². The number of hydrogen-bond donors (Lipinski definition) is 1. The van der Waals surface area contributed by atoms with Crippen molar-refractivity contribution in [1.82, 2.24) is 9.78 Å². The summed E-state index contributed by atoms with van der Waals surface area (Å²) >= 11 is 0. The first-order valence-electron chi connectivity index (χ1n) is 6.05. The second kappa shape index (κ2) is 5.22. The lowest BCUT2D eigenvalue weighted by molar-refractivity contribution is -0.138. The SMILES string of the molecule is Cc1cnn(CCS(=O)CC2(CC(=O)O)CC2)c1. The molecule has 1 atom stereocenters. The van der Waals surface area contributed by atoms with Crippen LogP contribution in [0.5, 0.6) is 0 Å². The van der Waals surface area contributed by atoms with Gasteiger partial charge in [0.2, 0.25) is 0 Å². The molecule has 100 valence electrons. The minimum Gasteiger partial charge on any atom is -0.481 e. The predicted octanol–water partition coefficient (Wildman–Crippen LogP) is 1.20. The number of aliphatic carboxylic acids is 1. The third kappa shape index (κ3) is 3.66. The van der Waals surface area contributed by atoms with Gasteiger partial charge in [-0.3, -0.25) is 13.7 Å². The van der Waals surface area contributed by atoms with E-state index in [0.717, 1.165) is 18.4 Å². The van der Waals surface area contributed by atoms with E-state index in [9.17, 15) is 9.00 Å². The topological polar surface area (TPSA) is 72.2 Å². The zero-order valence-corrected chi connectivity index (χ0v) is 11.3. The summed E-state index contributed by atoms with van der Waals surface area (Å²) in [6, 6.07) is 0. The van der Waals surface area contributed by atoms with Gasteiger partial charge in [0.1, 0.15) is 0 Å². The summed E-state index contributed by atoms with van der Waals surface area (Å²) in [6.45, 7) is 2.59. The number of aryl methyl sites for hydroxylation is 2. The van der Waals surface area contributed by atoms with Crippen molar-refractivity contribution in [2.45, 2.75) is 32.7 Å². The van der Waals surface area contributed by atoms with E-state index in [1.807, 2.05) is 13.1 Å². The highest BCUT2D eigenvalue weighted by atomic mass is 32.2. The van der Waals surface area contributed by atoms with Crippen molar-refractivity contribution in [3.05, 3.63) is 18.0 Å². The Balaban J connectivity index is 1.77. The third-order valence-corrected chi connectivity index (χ3v) is 4.83. The Bertz CT molecular complexity index is 466. The Morgan fingerprint density at radius 3 is 2.83 bits per heavy atom. The Morgan fingerprint density at radius 1 is 1.61 bits per heavy atom. The molecule has 1 unspecified atom stereocenters. The zero-order chi connectivity index (χ0) is 13.2. The van der Waals surface area contributed by atoms with Gasteiger partial charge in [0.15, 0.2) is 0 Å². The standard InChI is InChI=1S/C12H18N2O3S/c1-10-7-13-14(8-10)4-5-18(17)9-12(2-3-12)6-11(15)16/h7-8H,2-6,9H2,1H3,(H,15,16). The van der Waals surface area contributed by atoms with Crippen molar-refractivity contribution >= 4 is 16.8 Å². The van der Waals surface area contributed by atoms with E-state index in [2.05, 4.69) is 5.10 Å². The summed E-state index contributed by atoms with van der Waals surface area (Å²) in [5.74, 6) is 0.273. The van der Waals surface area contributed by atoms with Gasteiger partial charge in [0, 0.05) is 28.5 Å². The highest BCUT2D eigenvalue weighted by Crippen LogP contribution is 2.49. The minimum absolute atomic E-state index is 0.152. The fraction of sp³-hybridized carbons (Fsp3) is 0.667. The van der Waals surface area contributed by atoms with E-state index in [1.165, 1.54) is 0 Å². The molecule has 1 aliphatic carbocycles. The number of aromatic nitrogens is 2. The first-order valence-corrected chi connectivity index (χ1v) is 7.54. The molecule has 1 N–H and O–H groups in total. The van der Waals surface area contributed by atoms with Crippen LogP contribution in [-0.2, 0) is 22.1 Å². The fourth-order valence-corrected chi connectivity index (χ4v) is 3.68. The fourth-order valence-electron chi connectivity index (χ4n) is 2.07. The average Bonchev–Trinajstić information content (AvgIpc) is 2.86. The smallest absolute Gasteiger partial charge is 0.303 e. The van der Waals surface area contributed by atoms with Crippen molar-refractivity contribution in [3.63, 3.8) is 0 Å². The van der Waals surface area contributed by atoms with Gasteiger partial charge in [-0.1, -0.05) is 0 Å². The van der Waals surface area contributed by atoms with Gasteiger partial charge in [0.25, 0.3) is 0 Å². The maximum Gasteiger partial charge on any atom is 0.303 e. The summed E-state index contributed by atoms with van der Waals surface area (Å²) in [4.78, 5) is 10.7. The van der Waals surface area contributed by atoms with E-state index < -0.39 is 16.8 Å². The molecular weight excluding hydrogens is 252 g/mol. The van der Waals surface area contributed by atoms with Crippen LogP contribution < -0.4 is 0 Å². The third-order valence-electron chi connectivity index (χ3n) is 3.26. The quantitative estimate of drug-likeness (QED) is 0.808. The maximum atomic E-state index is 11.9. The number of rotatable bonds is 7. The number of nitrogens with zero attached hydrogens (tertiary/aromatic N) is 2. The number of carboxylic acid groups (broad SMARTS) is 1. The molecule has 1 aromatic rings. The van der Waals surface area contributed by atoms with Gasteiger partial charge in [0.05, 0.1) is 19.2 Å². The molecule has 2 rings (SSSR count). The monoisotopic (exact) mass is 270 g/mol. The lowest BCUT2D eigenvalue weighted by atomic mass is 10.1. The summed E-state index contributed by atoms with van der Waals surface area (Å²) in [5.41, 5.74) is 0.904. The summed E-state index contributed by atoms with van der Waals surface area (Å²) in [7, 11) is -0.959. The number of carbonyl (C=O) groups is 1. The Kier molecular flexibility index (Phi) is 3.85. The van der Waals surface area contributed by atoms with E-state index in [-0.39, 0.29) is 11.8 Å². The van der Waals surface area contributed by atoms with Gasteiger partial charge in [-0.2, -0.15) is 5.10 Å². The van der Waals surface area contributed by atoms with Gasteiger partial charge in [-0.05, 0) is 30.7 Å². The maximum absolute atomic E-state index is 11.9. The van der Waals surface area contributed by atoms with Crippen LogP contribution in [0.25, 0.3) is 0 Å². The molecule has 0 amide bonds. The molecule has 1 aromatic heterocycles. The van der Waals surface area contributed by atoms with Crippen LogP contribution in [0, 0.1) is 12.3 Å². The largest absolute Gasteiger partial charge is 0.481 e. The van der Waals surface area contributed by atoms with Crippen molar-refractivity contribution in [1.29, 1.82) is 0 Å². The molecular formula is C12H18N2O3S. The van der Waals surface area contributed by atoms with Crippen molar-refractivity contribution in [3.8, 4) is 0 Å². The Morgan fingerprint density at radius 2 is 2.33 bits per heavy atom. The Hall–Kier alpha value is -1.17. The lowest BCUT2D eigenvalue weighted by Crippen LogP contribution is -2.20. The molecule has 6 heteroatoms. The molecule has 1 saturated carbocycles. The van der Waals surface area contributed by atoms with E-state index in [1.54, 1.807) is 10.9 Å². The van der Waals surface area contributed by atoms with Gasteiger partial charge in [-0.15, -0.1) is 0 Å². The zero-order valence-electron chi connectivity index (χ0n) is 10.5. The second-order valence-corrected chi connectivity index (χ2v) is 6.72. The van der Waals surface area contributed by atoms with E-state index >= 15 is 0 Å². The van der Waals surface area contributed by atoms with Crippen LogP contribution in [-0.4, -0.2) is 36.6 Å². The van der Waals surface area contributed by atoms with Gasteiger partial charge >= 0.3 is 5.97 Å². The molecule has 18 heavy (non-hydrogen) atoms. The molecule has 1 aliphatic rings. The molecule has 0 aromatic carbocycles. The first kappa shape index (κ1) is 13.3. The highest BCUT2D eigenvalue weighted by Gasteiger charge is 2.45. The predicted molar refractivity (Wildman–Crippen MR) is 68.8 cm³/mol. The van der Waals surface area contributed by atoms with E-state index in [4.69, 9.17) is 5.11 Å². The summed E-state index contributed by atoms with van der Waals surface area (Å²) in [5, 5.41) is 12.9. The molecule has 0 bridgehead atoms. The first-order chi connectivity index (χ1) is 8.49. The molecule has 1 fully saturated rings. The van der Waals surface area contributed by atoms with Crippen LogP contribution in [0.2, 0.25) is 0 Å².